The van der Waals surface area contributed by atoms with Gasteiger partial charge < -0.3 is 15.1 Å². The van der Waals surface area contributed by atoms with Crippen LogP contribution in [-0.4, -0.2) is 46.3 Å². The molecule has 1 aliphatic heterocycles. The van der Waals surface area contributed by atoms with E-state index in [-0.39, 0.29) is 12.2 Å². The van der Waals surface area contributed by atoms with Crippen molar-refractivity contribution in [3.8, 4) is 0 Å². The molecule has 5 aliphatic rings. The van der Waals surface area contributed by atoms with Crippen LogP contribution in [0, 0.1) is 46.3 Å². The second-order valence-electron chi connectivity index (χ2n) is 13.4. The Kier molecular flexibility index (Phi) is 6.66. The summed E-state index contributed by atoms with van der Waals surface area (Å²) in [7, 11) is 0. The highest BCUT2D eigenvalue weighted by atomic mass is 16.3. The van der Waals surface area contributed by atoms with E-state index >= 15 is 0 Å². The van der Waals surface area contributed by atoms with E-state index in [1.807, 2.05) is 4.90 Å². The van der Waals surface area contributed by atoms with Gasteiger partial charge in [0.1, 0.15) is 0 Å². The van der Waals surface area contributed by atoms with Crippen LogP contribution in [0.15, 0.2) is 0 Å². The lowest BCUT2D eigenvalue weighted by Gasteiger charge is -2.61. The molecule has 5 rings (SSSR count). The molecule has 1 saturated heterocycles. The second kappa shape index (κ2) is 9.12. The Morgan fingerprint density at radius 2 is 1.58 bits per heavy atom. The van der Waals surface area contributed by atoms with E-state index in [9.17, 15) is 15.0 Å². The molecule has 0 aromatic heterocycles. The lowest BCUT2D eigenvalue weighted by atomic mass is 9.44. The van der Waals surface area contributed by atoms with Gasteiger partial charge in [0.2, 0.25) is 5.91 Å². The van der Waals surface area contributed by atoms with E-state index in [1.54, 1.807) is 0 Å². The van der Waals surface area contributed by atoms with Crippen molar-refractivity contribution in [3.63, 3.8) is 0 Å². The van der Waals surface area contributed by atoms with Crippen molar-refractivity contribution in [2.24, 2.45) is 46.3 Å². The molecule has 4 heteroatoms. The van der Waals surface area contributed by atoms with Gasteiger partial charge in [-0.1, -0.05) is 20.8 Å². The summed E-state index contributed by atoms with van der Waals surface area (Å²) in [5, 5.41) is 20.0. The van der Waals surface area contributed by atoms with Crippen LogP contribution in [-0.2, 0) is 4.79 Å². The third kappa shape index (κ3) is 4.20. The average molecular weight is 460 g/mol. The van der Waals surface area contributed by atoms with Gasteiger partial charge in [-0.25, -0.2) is 0 Å². The van der Waals surface area contributed by atoms with Gasteiger partial charge in [0, 0.05) is 19.5 Å². The highest BCUT2D eigenvalue weighted by Gasteiger charge is 2.60. The van der Waals surface area contributed by atoms with Crippen LogP contribution in [0.1, 0.15) is 104 Å². The van der Waals surface area contributed by atoms with E-state index in [4.69, 9.17) is 0 Å². The zero-order valence-electron chi connectivity index (χ0n) is 21.5. The molecule has 188 valence electrons. The minimum Gasteiger partial charge on any atom is -0.393 e. The first-order valence-corrected chi connectivity index (χ1v) is 14.4. The van der Waals surface area contributed by atoms with Crippen LogP contribution >= 0.6 is 0 Å². The predicted octanol–water partition coefficient (Wildman–Crippen LogP) is 5.41. The number of rotatable bonds is 4. The first-order chi connectivity index (χ1) is 15.7. The largest absolute Gasteiger partial charge is 0.393 e. The molecular weight excluding hydrogens is 410 g/mol. The van der Waals surface area contributed by atoms with Crippen molar-refractivity contribution in [1.29, 1.82) is 0 Å². The first-order valence-electron chi connectivity index (χ1n) is 14.4. The number of likely N-dealkylation sites (tertiary alicyclic amines) is 1. The number of carbonyl (C=O) groups is 1. The first kappa shape index (κ1) is 24.1. The minimum absolute atomic E-state index is 0.0529. The molecular formula is C29H49NO3. The van der Waals surface area contributed by atoms with Crippen LogP contribution in [0.5, 0.6) is 0 Å². The number of hydrogen-bond donors (Lipinski definition) is 2. The highest BCUT2D eigenvalue weighted by Crippen LogP contribution is 2.68. The molecule has 4 aliphatic carbocycles. The summed E-state index contributed by atoms with van der Waals surface area (Å²) in [5.41, 5.74) is 0.915. The Balaban J connectivity index is 1.21. The molecule has 0 radical (unpaired) electrons. The van der Waals surface area contributed by atoms with Gasteiger partial charge in [-0.15, -0.1) is 0 Å². The van der Waals surface area contributed by atoms with E-state index in [2.05, 4.69) is 20.8 Å². The standard InChI is InChI=1S/C29H49NO3/c1-19(4-9-27(33)30-16-12-21(31)13-17-30)24-7-8-25-23-6-5-20-18-22(32)10-14-28(20,2)26(23)11-15-29(24,25)3/h19-26,31-32H,4-18H2,1-3H3/t19?,20-,22-,23-,24+,25-,26-,28-,29+/m0/s1. The monoisotopic (exact) mass is 459 g/mol. The highest BCUT2D eigenvalue weighted by molar-refractivity contribution is 5.76. The van der Waals surface area contributed by atoms with Gasteiger partial charge in [0.15, 0.2) is 0 Å². The number of amides is 1. The molecule has 1 unspecified atom stereocenters. The zero-order chi connectivity index (χ0) is 23.4. The third-order valence-electron chi connectivity index (χ3n) is 12.0. The molecule has 5 fully saturated rings. The molecule has 2 N–H and O–H groups in total. The summed E-state index contributed by atoms with van der Waals surface area (Å²) in [4.78, 5) is 14.8. The normalized spacial score (nSPS) is 46.9. The minimum atomic E-state index is -0.213. The number of hydrogen-bond acceptors (Lipinski definition) is 3. The summed E-state index contributed by atoms with van der Waals surface area (Å²) in [6.45, 7) is 9.10. The third-order valence-corrected chi connectivity index (χ3v) is 12.0. The number of aliphatic hydroxyl groups is 2. The second-order valence-corrected chi connectivity index (χ2v) is 13.4. The fourth-order valence-electron chi connectivity index (χ4n) is 10.0. The van der Waals surface area contributed by atoms with Crippen LogP contribution < -0.4 is 0 Å². The molecule has 0 aromatic carbocycles. The van der Waals surface area contributed by atoms with Crippen LogP contribution in [0.2, 0.25) is 0 Å². The van der Waals surface area contributed by atoms with Crippen molar-refractivity contribution in [2.75, 3.05) is 13.1 Å². The fourth-order valence-corrected chi connectivity index (χ4v) is 10.0. The number of fused-ring (bicyclic) bond motifs is 5. The Morgan fingerprint density at radius 3 is 2.33 bits per heavy atom. The van der Waals surface area contributed by atoms with Crippen LogP contribution in [0.4, 0.5) is 0 Å². The van der Waals surface area contributed by atoms with Gasteiger partial charge in [0.25, 0.3) is 0 Å². The molecule has 4 saturated carbocycles. The van der Waals surface area contributed by atoms with Gasteiger partial charge in [0.05, 0.1) is 12.2 Å². The molecule has 33 heavy (non-hydrogen) atoms. The Labute approximate surface area is 201 Å². The fraction of sp³-hybridized carbons (Fsp3) is 0.966. The van der Waals surface area contributed by atoms with Crippen LogP contribution in [0.25, 0.3) is 0 Å². The number of carbonyl (C=O) groups excluding carboxylic acids is 1. The van der Waals surface area contributed by atoms with Crippen molar-refractivity contribution in [1.82, 2.24) is 4.90 Å². The van der Waals surface area contributed by atoms with Crippen molar-refractivity contribution in [3.05, 3.63) is 0 Å². The molecule has 0 bridgehead atoms. The average Bonchev–Trinajstić information content (AvgIpc) is 3.15. The topological polar surface area (TPSA) is 60.8 Å². The number of piperidine rings is 1. The van der Waals surface area contributed by atoms with Gasteiger partial charge in [-0.3, -0.25) is 4.79 Å². The van der Waals surface area contributed by atoms with E-state index < -0.39 is 0 Å². The maximum absolute atomic E-state index is 12.8. The van der Waals surface area contributed by atoms with Crippen molar-refractivity contribution in [2.45, 2.75) is 116 Å². The SMILES string of the molecule is CC(CCC(=O)N1CCC(O)CC1)[C@H]1CC[C@H]2[C@@H]3CC[C@H]4C[C@@H](O)CC[C@]4(C)[C@H]3CC[C@]12C. The smallest absolute Gasteiger partial charge is 0.222 e. The lowest BCUT2D eigenvalue weighted by molar-refractivity contribution is -0.134. The number of nitrogens with zero attached hydrogens (tertiary/aromatic N) is 1. The lowest BCUT2D eigenvalue weighted by Crippen LogP contribution is -2.54. The summed E-state index contributed by atoms with van der Waals surface area (Å²) in [5.74, 6) is 5.05. The molecule has 4 nitrogen and oxygen atoms in total. The molecule has 1 heterocycles. The van der Waals surface area contributed by atoms with Gasteiger partial charge in [-0.2, -0.15) is 0 Å². The Morgan fingerprint density at radius 1 is 0.879 bits per heavy atom. The maximum Gasteiger partial charge on any atom is 0.222 e. The summed E-state index contributed by atoms with van der Waals surface area (Å²) >= 11 is 0. The molecule has 0 aromatic rings. The molecule has 9 atom stereocenters. The van der Waals surface area contributed by atoms with E-state index in [0.717, 1.165) is 74.8 Å². The van der Waals surface area contributed by atoms with Crippen molar-refractivity contribution >= 4 is 5.91 Å². The molecule has 1 amide bonds. The maximum atomic E-state index is 12.8. The summed E-state index contributed by atoms with van der Waals surface area (Å²) in [6, 6.07) is 0. The Hall–Kier alpha value is -0.610. The van der Waals surface area contributed by atoms with Crippen LogP contribution in [0.3, 0.4) is 0 Å². The van der Waals surface area contributed by atoms with Gasteiger partial charge >= 0.3 is 0 Å². The summed E-state index contributed by atoms with van der Waals surface area (Å²) < 4.78 is 0. The quantitative estimate of drug-likeness (QED) is 0.591. The van der Waals surface area contributed by atoms with Crippen molar-refractivity contribution < 1.29 is 15.0 Å². The summed E-state index contributed by atoms with van der Waals surface area (Å²) in [6.07, 6.45) is 14.5. The Bertz CT molecular complexity index is 718. The predicted molar refractivity (Wildman–Crippen MR) is 131 cm³/mol. The van der Waals surface area contributed by atoms with Gasteiger partial charge in [-0.05, 0) is 123 Å². The molecule has 0 spiro atoms. The van der Waals surface area contributed by atoms with E-state index in [1.165, 1.54) is 44.9 Å². The number of aliphatic hydroxyl groups excluding tert-OH is 2. The van der Waals surface area contributed by atoms with E-state index in [0.29, 0.717) is 29.1 Å². The zero-order valence-corrected chi connectivity index (χ0v) is 21.5.